The van der Waals surface area contributed by atoms with Gasteiger partial charge in [-0.3, -0.25) is 4.79 Å². The first-order chi connectivity index (χ1) is 13.5. The van der Waals surface area contributed by atoms with E-state index in [4.69, 9.17) is 5.26 Å². The minimum absolute atomic E-state index is 0.00140. The van der Waals surface area contributed by atoms with Crippen LogP contribution in [0.5, 0.6) is 0 Å². The van der Waals surface area contributed by atoms with Crippen LogP contribution in [-0.4, -0.2) is 30.7 Å². The molecule has 0 radical (unpaired) electrons. The van der Waals surface area contributed by atoms with Crippen molar-refractivity contribution in [3.8, 4) is 6.07 Å². The van der Waals surface area contributed by atoms with E-state index in [1.165, 1.54) is 28.6 Å². The molecule has 144 valence electrons. The molecule has 7 heteroatoms. The molecule has 28 heavy (non-hydrogen) atoms. The third-order valence-corrected chi connectivity index (χ3v) is 6.92. The van der Waals surface area contributed by atoms with Crippen molar-refractivity contribution in [2.24, 2.45) is 0 Å². The summed E-state index contributed by atoms with van der Waals surface area (Å²) >= 11 is 0. The summed E-state index contributed by atoms with van der Waals surface area (Å²) in [5.74, 6) is -0.0849. The van der Waals surface area contributed by atoms with Gasteiger partial charge in [-0.15, -0.1) is 0 Å². The molecule has 0 unspecified atom stereocenters. The zero-order valence-corrected chi connectivity index (χ0v) is 16.2. The Kier molecular flexibility index (Phi) is 4.92. The molecular formula is C21H21N3O3S. The number of sulfonamides is 1. The minimum atomic E-state index is -3.65. The Morgan fingerprint density at radius 3 is 2.21 bits per heavy atom. The van der Waals surface area contributed by atoms with Crippen LogP contribution in [-0.2, 0) is 16.6 Å². The third-order valence-electron chi connectivity index (χ3n) is 5.01. The number of amides is 1. The molecule has 6 nitrogen and oxygen atoms in total. The largest absolute Gasteiger partial charge is 0.349 e. The summed E-state index contributed by atoms with van der Waals surface area (Å²) in [6, 6.07) is 15.4. The second-order valence-electron chi connectivity index (χ2n) is 7.36. The van der Waals surface area contributed by atoms with E-state index >= 15 is 0 Å². The molecule has 0 aromatic heterocycles. The lowest BCUT2D eigenvalue weighted by Gasteiger charge is -2.22. The summed E-state index contributed by atoms with van der Waals surface area (Å²) < 4.78 is 27.7. The first kappa shape index (κ1) is 18.7. The van der Waals surface area contributed by atoms with E-state index < -0.39 is 10.0 Å². The zero-order valence-electron chi connectivity index (χ0n) is 15.3. The fourth-order valence-corrected chi connectivity index (χ4v) is 4.72. The molecule has 0 heterocycles. The second-order valence-corrected chi connectivity index (χ2v) is 9.25. The molecule has 0 atom stereocenters. The van der Waals surface area contributed by atoms with Gasteiger partial charge in [0.05, 0.1) is 16.5 Å². The van der Waals surface area contributed by atoms with Gasteiger partial charge in [0, 0.05) is 24.2 Å². The maximum absolute atomic E-state index is 13.1. The van der Waals surface area contributed by atoms with E-state index in [0.717, 1.165) is 31.2 Å². The van der Waals surface area contributed by atoms with Gasteiger partial charge in [0.2, 0.25) is 10.0 Å². The van der Waals surface area contributed by atoms with E-state index in [1.807, 2.05) is 18.2 Å². The number of nitriles is 1. The molecule has 2 saturated carbocycles. The summed E-state index contributed by atoms with van der Waals surface area (Å²) in [5.41, 5.74) is 1.85. The van der Waals surface area contributed by atoms with Crippen LogP contribution in [0.1, 0.15) is 47.2 Å². The minimum Gasteiger partial charge on any atom is -0.349 e. The van der Waals surface area contributed by atoms with Gasteiger partial charge in [-0.25, -0.2) is 8.42 Å². The number of carbonyl (C=O) groups is 1. The number of carbonyl (C=O) groups excluding carboxylic acids is 1. The average molecular weight is 395 g/mol. The van der Waals surface area contributed by atoms with Gasteiger partial charge < -0.3 is 5.32 Å². The van der Waals surface area contributed by atoms with Crippen LogP contribution >= 0.6 is 0 Å². The Hall–Kier alpha value is -2.69. The van der Waals surface area contributed by atoms with Gasteiger partial charge in [-0.05, 0) is 67.6 Å². The van der Waals surface area contributed by atoms with Crippen LogP contribution in [0.2, 0.25) is 0 Å². The standard InChI is InChI=1S/C21H21N3O3S/c22-13-15-3-11-20(12-4-15)28(26,27)24(19-9-10-19)14-16-1-5-17(6-2-16)21(25)23-18-7-8-18/h1-6,11-12,18-19H,7-10,14H2,(H,23,25). The lowest BCUT2D eigenvalue weighted by atomic mass is 10.1. The second kappa shape index (κ2) is 7.38. The monoisotopic (exact) mass is 395 g/mol. The third kappa shape index (κ3) is 4.08. The van der Waals surface area contributed by atoms with Gasteiger partial charge in [-0.2, -0.15) is 9.57 Å². The molecule has 1 amide bonds. The lowest BCUT2D eigenvalue weighted by molar-refractivity contribution is 0.0951. The Morgan fingerprint density at radius 2 is 1.68 bits per heavy atom. The number of nitrogens with one attached hydrogen (secondary N) is 1. The molecule has 0 bridgehead atoms. The normalized spacial score (nSPS) is 16.6. The molecule has 2 aliphatic rings. The molecule has 0 saturated heterocycles. The highest BCUT2D eigenvalue weighted by Gasteiger charge is 2.38. The first-order valence-corrected chi connectivity index (χ1v) is 10.8. The summed E-state index contributed by atoms with van der Waals surface area (Å²) in [4.78, 5) is 12.3. The molecular weight excluding hydrogens is 374 g/mol. The van der Waals surface area contributed by atoms with Crippen LogP contribution in [0, 0.1) is 11.3 Å². The highest BCUT2D eigenvalue weighted by molar-refractivity contribution is 7.89. The SMILES string of the molecule is N#Cc1ccc(S(=O)(=O)N(Cc2ccc(C(=O)NC3CC3)cc2)C2CC2)cc1. The van der Waals surface area contributed by atoms with E-state index in [1.54, 1.807) is 12.1 Å². The van der Waals surface area contributed by atoms with Crippen molar-refractivity contribution < 1.29 is 13.2 Å². The number of benzene rings is 2. The molecule has 2 aromatic carbocycles. The predicted octanol–water partition coefficient (Wildman–Crippen LogP) is 2.80. The Balaban J connectivity index is 1.51. The maximum Gasteiger partial charge on any atom is 0.251 e. The van der Waals surface area contributed by atoms with Gasteiger partial charge in [0.1, 0.15) is 0 Å². The van der Waals surface area contributed by atoms with Crippen molar-refractivity contribution >= 4 is 15.9 Å². The van der Waals surface area contributed by atoms with Gasteiger partial charge in [0.15, 0.2) is 0 Å². The maximum atomic E-state index is 13.1. The first-order valence-electron chi connectivity index (χ1n) is 9.39. The number of hydrogen-bond acceptors (Lipinski definition) is 4. The average Bonchev–Trinajstić information content (AvgIpc) is 3.61. The van der Waals surface area contributed by atoms with Crippen LogP contribution in [0.25, 0.3) is 0 Å². The van der Waals surface area contributed by atoms with Gasteiger partial charge >= 0.3 is 0 Å². The van der Waals surface area contributed by atoms with E-state index in [0.29, 0.717) is 17.2 Å². The molecule has 2 fully saturated rings. The van der Waals surface area contributed by atoms with Gasteiger partial charge in [0.25, 0.3) is 5.91 Å². The molecule has 2 aromatic rings. The van der Waals surface area contributed by atoms with Crippen LogP contribution in [0.3, 0.4) is 0 Å². The molecule has 4 rings (SSSR count). The summed E-state index contributed by atoms with van der Waals surface area (Å²) in [6.45, 7) is 0.261. The lowest BCUT2D eigenvalue weighted by Crippen LogP contribution is -2.32. The topological polar surface area (TPSA) is 90.3 Å². The highest BCUT2D eigenvalue weighted by Crippen LogP contribution is 2.33. The number of rotatable bonds is 7. The van der Waals surface area contributed by atoms with Crippen molar-refractivity contribution in [3.05, 3.63) is 65.2 Å². The van der Waals surface area contributed by atoms with E-state index in [2.05, 4.69) is 5.32 Å². The zero-order chi connectivity index (χ0) is 19.7. The Morgan fingerprint density at radius 1 is 1.04 bits per heavy atom. The molecule has 0 aliphatic heterocycles. The quantitative estimate of drug-likeness (QED) is 0.780. The molecule has 1 N–H and O–H groups in total. The van der Waals surface area contributed by atoms with Gasteiger partial charge in [-0.1, -0.05) is 12.1 Å². The highest BCUT2D eigenvalue weighted by atomic mass is 32.2. The number of nitrogens with zero attached hydrogens (tertiary/aromatic N) is 2. The van der Waals surface area contributed by atoms with Crippen molar-refractivity contribution in [1.29, 1.82) is 5.26 Å². The summed E-state index contributed by atoms with van der Waals surface area (Å²) in [7, 11) is -3.65. The number of hydrogen-bond donors (Lipinski definition) is 1. The smallest absolute Gasteiger partial charge is 0.251 e. The fraction of sp³-hybridized carbons (Fsp3) is 0.333. The van der Waals surface area contributed by atoms with Crippen LogP contribution in [0.4, 0.5) is 0 Å². The van der Waals surface area contributed by atoms with Crippen molar-refractivity contribution in [3.63, 3.8) is 0 Å². The van der Waals surface area contributed by atoms with E-state index in [9.17, 15) is 13.2 Å². The predicted molar refractivity (Wildman–Crippen MR) is 104 cm³/mol. The van der Waals surface area contributed by atoms with Crippen LogP contribution in [0.15, 0.2) is 53.4 Å². The summed E-state index contributed by atoms with van der Waals surface area (Å²) in [6.07, 6.45) is 3.76. The summed E-state index contributed by atoms with van der Waals surface area (Å²) in [5, 5.41) is 11.9. The molecule has 0 spiro atoms. The van der Waals surface area contributed by atoms with Crippen LogP contribution < -0.4 is 5.32 Å². The van der Waals surface area contributed by atoms with Crippen molar-refractivity contribution in [2.45, 2.75) is 49.2 Å². The Labute approximate surface area is 164 Å². The molecule has 2 aliphatic carbocycles. The van der Waals surface area contributed by atoms with Crippen molar-refractivity contribution in [2.75, 3.05) is 0 Å². The fourth-order valence-electron chi connectivity index (χ4n) is 3.05. The van der Waals surface area contributed by atoms with E-state index in [-0.39, 0.29) is 23.4 Å². The van der Waals surface area contributed by atoms with Crippen molar-refractivity contribution in [1.82, 2.24) is 9.62 Å². The Bertz CT molecular complexity index is 1020.